The molecule has 0 aliphatic rings. The second-order valence-corrected chi connectivity index (χ2v) is 3.85. The van der Waals surface area contributed by atoms with E-state index in [9.17, 15) is 0 Å². The average Bonchev–Trinajstić information content (AvgIpc) is 2.73. The van der Waals surface area contributed by atoms with Crippen LogP contribution in [0.4, 0.5) is 0 Å². The summed E-state index contributed by atoms with van der Waals surface area (Å²) in [6, 6.07) is 4.34. The molecule has 1 unspecified atom stereocenters. The SMILES string of the molecule is CNC(Cc1cnn(C)c1)c1cccnc1. The number of aryl methyl sites for hydroxylation is 1. The Hall–Kier alpha value is -1.68. The first-order valence-electron chi connectivity index (χ1n) is 5.34. The highest BCUT2D eigenvalue weighted by atomic mass is 15.2. The molecule has 1 atom stereocenters. The molecule has 0 aromatic carbocycles. The third-order valence-electron chi connectivity index (χ3n) is 2.63. The van der Waals surface area contributed by atoms with Gasteiger partial charge in [0.05, 0.1) is 6.20 Å². The van der Waals surface area contributed by atoms with E-state index in [-0.39, 0.29) is 6.04 Å². The van der Waals surface area contributed by atoms with E-state index in [2.05, 4.69) is 21.5 Å². The Morgan fingerprint density at radius 3 is 2.88 bits per heavy atom. The molecule has 16 heavy (non-hydrogen) atoms. The van der Waals surface area contributed by atoms with Crippen molar-refractivity contribution in [1.82, 2.24) is 20.1 Å². The van der Waals surface area contributed by atoms with Gasteiger partial charge in [-0.1, -0.05) is 6.07 Å². The van der Waals surface area contributed by atoms with Crippen molar-refractivity contribution in [3.05, 3.63) is 48.0 Å². The van der Waals surface area contributed by atoms with Gasteiger partial charge in [-0.05, 0) is 30.7 Å². The summed E-state index contributed by atoms with van der Waals surface area (Å²) in [5.74, 6) is 0. The van der Waals surface area contributed by atoms with Crippen molar-refractivity contribution in [2.45, 2.75) is 12.5 Å². The molecule has 0 aliphatic carbocycles. The fourth-order valence-electron chi connectivity index (χ4n) is 1.78. The van der Waals surface area contributed by atoms with E-state index in [1.165, 1.54) is 11.1 Å². The third kappa shape index (κ3) is 2.46. The molecule has 4 nitrogen and oxygen atoms in total. The molecule has 84 valence electrons. The molecule has 2 rings (SSSR count). The van der Waals surface area contributed by atoms with E-state index < -0.39 is 0 Å². The molecule has 0 saturated heterocycles. The number of likely N-dealkylation sites (N-methyl/N-ethyl adjacent to an activating group) is 1. The highest BCUT2D eigenvalue weighted by molar-refractivity contribution is 5.18. The molecule has 2 aromatic rings. The van der Waals surface area contributed by atoms with Crippen LogP contribution in [0.1, 0.15) is 17.2 Å². The van der Waals surface area contributed by atoms with Crippen molar-refractivity contribution < 1.29 is 0 Å². The fourth-order valence-corrected chi connectivity index (χ4v) is 1.78. The molecule has 4 heteroatoms. The maximum atomic E-state index is 4.17. The lowest BCUT2D eigenvalue weighted by molar-refractivity contribution is 0.589. The maximum absolute atomic E-state index is 4.17. The van der Waals surface area contributed by atoms with Crippen LogP contribution in [-0.4, -0.2) is 21.8 Å². The van der Waals surface area contributed by atoms with Crippen LogP contribution in [0.2, 0.25) is 0 Å². The number of rotatable bonds is 4. The molecular weight excluding hydrogens is 200 g/mol. The van der Waals surface area contributed by atoms with Crippen LogP contribution in [0.15, 0.2) is 36.9 Å². The van der Waals surface area contributed by atoms with Gasteiger partial charge >= 0.3 is 0 Å². The minimum Gasteiger partial charge on any atom is -0.313 e. The van der Waals surface area contributed by atoms with Crippen molar-refractivity contribution in [1.29, 1.82) is 0 Å². The fraction of sp³-hybridized carbons (Fsp3) is 0.333. The lowest BCUT2D eigenvalue weighted by Gasteiger charge is -2.14. The van der Waals surface area contributed by atoms with Crippen LogP contribution in [-0.2, 0) is 13.5 Å². The van der Waals surface area contributed by atoms with Crippen molar-refractivity contribution >= 4 is 0 Å². The van der Waals surface area contributed by atoms with Crippen molar-refractivity contribution in [2.75, 3.05) is 7.05 Å². The van der Waals surface area contributed by atoms with Crippen LogP contribution in [0, 0.1) is 0 Å². The van der Waals surface area contributed by atoms with Gasteiger partial charge in [0.25, 0.3) is 0 Å². The zero-order valence-electron chi connectivity index (χ0n) is 9.59. The minimum atomic E-state index is 0.290. The van der Waals surface area contributed by atoms with Gasteiger partial charge in [-0.25, -0.2) is 0 Å². The number of pyridine rings is 1. The number of nitrogens with one attached hydrogen (secondary N) is 1. The Bertz CT molecular complexity index is 435. The summed E-state index contributed by atoms with van der Waals surface area (Å²) in [6.45, 7) is 0. The predicted octanol–water partition coefficient (Wildman–Crippen LogP) is 1.32. The quantitative estimate of drug-likeness (QED) is 0.838. The van der Waals surface area contributed by atoms with E-state index in [0.29, 0.717) is 0 Å². The monoisotopic (exact) mass is 216 g/mol. The Morgan fingerprint density at radius 2 is 2.31 bits per heavy atom. The molecule has 0 aliphatic heterocycles. The molecular formula is C12H16N4. The number of hydrogen-bond acceptors (Lipinski definition) is 3. The van der Waals surface area contributed by atoms with Crippen molar-refractivity contribution in [2.24, 2.45) is 7.05 Å². The minimum absolute atomic E-state index is 0.290. The molecule has 0 bridgehead atoms. The van der Waals surface area contributed by atoms with Crippen molar-refractivity contribution in [3.63, 3.8) is 0 Å². The Balaban J connectivity index is 2.12. The van der Waals surface area contributed by atoms with Crippen LogP contribution in [0.25, 0.3) is 0 Å². The lowest BCUT2D eigenvalue weighted by Crippen LogP contribution is -2.18. The molecule has 0 spiro atoms. The third-order valence-corrected chi connectivity index (χ3v) is 2.63. The summed E-state index contributed by atoms with van der Waals surface area (Å²) in [5.41, 5.74) is 2.43. The normalized spacial score (nSPS) is 12.6. The Morgan fingerprint density at radius 1 is 1.44 bits per heavy atom. The van der Waals surface area contributed by atoms with Gasteiger partial charge in [-0.15, -0.1) is 0 Å². The second kappa shape index (κ2) is 4.90. The number of aromatic nitrogens is 3. The van der Waals surface area contributed by atoms with Gasteiger partial charge < -0.3 is 5.32 Å². The summed E-state index contributed by atoms with van der Waals surface area (Å²) in [4.78, 5) is 4.14. The topological polar surface area (TPSA) is 42.7 Å². The summed E-state index contributed by atoms with van der Waals surface area (Å²) in [7, 11) is 3.90. The largest absolute Gasteiger partial charge is 0.313 e. The van der Waals surface area contributed by atoms with E-state index in [1.807, 2.05) is 43.4 Å². The van der Waals surface area contributed by atoms with E-state index in [1.54, 1.807) is 6.20 Å². The highest BCUT2D eigenvalue weighted by Gasteiger charge is 2.10. The van der Waals surface area contributed by atoms with E-state index in [0.717, 1.165) is 6.42 Å². The zero-order valence-corrected chi connectivity index (χ0v) is 9.59. The second-order valence-electron chi connectivity index (χ2n) is 3.85. The van der Waals surface area contributed by atoms with Gasteiger partial charge in [0, 0.05) is 31.7 Å². The number of hydrogen-bond donors (Lipinski definition) is 1. The molecule has 2 heterocycles. The van der Waals surface area contributed by atoms with Crippen LogP contribution in [0.3, 0.4) is 0 Å². The molecule has 2 aromatic heterocycles. The van der Waals surface area contributed by atoms with Gasteiger partial charge in [0.2, 0.25) is 0 Å². The Labute approximate surface area is 95.3 Å². The molecule has 0 radical (unpaired) electrons. The van der Waals surface area contributed by atoms with Crippen LogP contribution >= 0.6 is 0 Å². The zero-order chi connectivity index (χ0) is 11.4. The lowest BCUT2D eigenvalue weighted by atomic mass is 10.0. The predicted molar refractivity (Wildman–Crippen MR) is 62.9 cm³/mol. The van der Waals surface area contributed by atoms with E-state index in [4.69, 9.17) is 0 Å². The van der Waals surface area contributed by atoms with Gasteiger partial charge in [-0.3, -0.25) is 9.67 Å². The van der Waals surface area contributed by atoms with Gasteiger partial charge in [-0.2, -0.15) is 5.10 Å². The first-order chi connectivity index (χ1) is 7.79. The average molecular weight is 216 g/mol. The summed E-state index contributed by atoms with van der Waals surface area (Å²) in [5, 5.41) is 7.47. The first kappa shape index (κ1) is 10.8. The van der Waals surface area contributed by atoms with Crippen LogP contribution in [0.5, 0.6) is 0 Å². The highest BCUT2D eigenvalue weighted by Crippen LogP contribution is 2.16. The number of nitrogens with zero attached hydrogens (tertiary/aromatic N) is 3. The van der Waals surface area contributed by atoms with E-state index >= 15 is 0 Å². The van der Waals surface area contributed by atoms with Gasteiger partial charge in [0.15, 0.2) is 0 Å². The summed E-state index contributed by atoms with van der Waals surface area (Å²) < 4.78 is 1.82. The molecule has 0 fully saturated rings. The Kier molecular flexibility index (Phi) is 3.31. The smallest absolute Gasteiger partial charge is 0.0522 e. The summed E-state index contributed by atoms with van der Waals surface area (Å²) >= 11 is 0. The van der Waals surface area contributed by atoms with Crippen LogP contribution < -0.4 is 5.32 Å². The molecule has 0 saturated carbocycles. The van der Waals surface area contributed by atoms with Gasteiger partial charge in [0.1, 0.15) is 0 Å². The first-order valence-corrected chi connectivity index (χ1v) is 5.34. The maximum Gasteiger partial charge on any atom is 0.0522 e. The van der Waals surface area contributed by atoms with Crippen molar-refractivity contribution in [3.8, 4) is 0 Å². The molecule has 1 N–H and O–H groups in total. The standard InChI is InChI=1S/C12H16N4/c1-13-12(11-4-3-5-14-8-11)6-10-7-15-16(2)9-10/h3-5,7-9,12-13H,6H2,1-2H3. The molecule has 0 amide bonds. The summed E-state index contributed by atoms with van der Waals surface area (Å²) in [6.07, 6.45) is 8.56.